The first-order chi connectivity index (χ1) is 9.29. The molecular formula is C14H18N4S. The molecule has 2 aliphatic carbocycles. The third-order valence-corrected chi connectivity index (χ3v) is 5.12. The minimum Gasteiger partial charge on any atom is -0.301 e. The maximum atomic E-state index is 4.88. The summed E-state index contributed by atoms with van der Waals surface area (Å²) in [7, 11) is 1.97. The van der Waals surface area contributed by atoms with Crippen molar-refractivity contribution in [3.05, 3.63) is 33.5 Å². The Labute approximate surface area is 116 Å². The maximum absolute atomic E-state index is 4.88. The van der Waals surface area contributed by atoms with Gasteiger partial charge in [-0.3, -0.25) is 4.68 Å². The monoisotopic (exact) mass is 274 g/mol. The van der Waals surface area contributed by atoms with Gasteiger partial charge in [-0.2, -0.15) is 5.10 Å². The molecule has 1 atom stereocenters. The SMILES string of the molecule is Cn1cc(C(NC2CC2)c2nc3c(s2)CCC3)cn1. The Morgan fingerprint density at radius 2 is 2.32 bits per heavy atom. The van der Waals surface area contributed by atoms with Gasteiger partial charge >= 0.3 is 0 Å². The topological polar surface area (TPSA) is 42.7 Å². The van der Waals surface area contributed by atoms with Crippen LogP contribution in [0.3, 0.4) is 0 Å². The van der Waals surface area contributed by atoms with Gasteiger partial charge in [0.15, 0.2) is 0 Å². The summed E-state index contributed by atoms with van der Waals surface area (Å²) < 4.78 is 1.87. The first kappa shape index (κ1) is 11.6. The van der Waals surface area contributed by atoms with Gasteiger partial charge in [0.1, 0.15) is 5.01 Å². The van der Waals surface area contributed by atoms with E-state index < -0.39 is 0 Å². The second-order valence-corrected chi connectivity index (χ2v) is 6.71. The van der Waals surface area contributed by atoms with Gasteiger partial charge in [0.05, 0.1) is 17.9 Å². The molecule has 5 heteroatoms. The molecule has 0 aliphatic heterocycles. The van der Waals surface area contributed by atoms with Crippen molar-refractivity contribution in [2.45, 2.75) is 44.2 Å². The molecule has 0 aromatic carbocycles. The van der Waals surface area contributed by atoms with Gasteiger partial charge in [-0.25, -0.2) is 4.98 Å². The normalized spacial score (nSPS) is 19.6. The Kier molecular flexibility index (Phi) is 2.70. The van der Waals surface area contributed by atoms with E-state index in [0.717, 1.165) is 6.42 Å². The standard InChI is InChI=1S/C14H18N4S/c1-18-8-9(7-15-18)13(16-10-5-6-10)14-17-11-3-2-4-12(11)19-14/h7-8,10,13,16H,2-6H2,1H3. The number of nitrogens with one attached hydrogen (secondary N) is 1. The predicted molar refractivity (Wildman–Crippen MR) is 75.3 cm³/mol. The number of nitrogens with zero attached hydrogens (tertiary/aromatic N) is 3. The molecule has 1 saturated carbocycles. The van der Waals surface area contributed by atoms with Crippen LogP contribution in [0.25, 0.3) is 0 Å². The van der Waals surface area contributed by atoms with Crippen molar-refractivity contribution < 1.29 is 0 Å². The van der Waals surface area contributed by atoms with Crippen molar-refractivity contribution in [2.24, 2.45) is 7.05 Å². The van der Waals surface area contributed by atoms with E-state index in [9.17, 15) is 0 Å². The van der Waals surface area contributed by atoms with Crippen LogP contribution >= 0.6 is 11.3 Å². The summed E-state index contributed by atoms with van der Waals surface area (Å²) in [5, 5.41) is 9.25. The summed E-state index contributed by atoms with van der Waals surface area (Å²) in [6.45, 7) is 0. The fourth-order valence-corrected chi connectivity index (χ4v) is 3.96. The smallest absolute Gasteiger partial charge is 0.115 e. The first-order valence-electron chi connectivity index (χ1n) is 7.02. The largest absolute Gasteiger partial charge is 0.301 e. The number of aromatic nitrogens is 3. The summed E-state index contributed by atoms with van der Waals surface area (Å²) in [5.41, 5.74) is 2.58. The average molecular weight is 274 g/mol. The van der Waals surface area contributed by atoms with Crippen molar-refractivity contribution in [1.29, 1.82) is 0 Å². The van der Waals surface area contributed by atoms with Crippen LogP contribution in [0.1, 0.15) is 46.4 Å². The van der Waals surface area contributed by atoms with Gasteiger partial charge < -0.3 is 5.32 Å². The van der Waals surface area contributed by atoms with E-state index in [1.54, 1.807) is 0 Å². The minimum atomic E-state index is 0.233. The minimum absolute atomic E-state index is 0.233. The zero-order valence-corrected chi connectivity index (χ0v) is 11.9. The molecule has 0 radical (unpaired) electrons. The van der Waals surface area contributed by atoms with Crippen LogP contribution in [0.4, 0.5) is 0 Å². The zero-order chi connectivity index (χ0) is 12.8. The van der Waals surface area contributed by atoms with Crippen LogP contribution in [-0.4, -0.2) is 20.8 Å². The summed E-state index contributed by atoms with van der Waals surface area (Å²) in [4.78, 5) is 6.38. The summed E-state index contributed by atoms with van der Waals surface area (Å²) in [6.07, 6.45) is 10.3. The second kappa shape index (κ2) is 4.42. The number of hydrogen-bond donors (Lipinski definition) is 1. The summed E-state index contributed by atoms with van der Waals surface area (Å²) in [5.74, 6) is 0. The fourth-order valence-electron chi connectivity index (χ4n) is 2.72. The van der Waals surface area contributed by atoms with Gasteiger partial charge in [-0.1, -0.05) is 0 Å². The Morgan fingerprint density at radius 3 is 3.00 bits per heavy atom. The molecule has 0 bridgehead atoms. The second-order valence-electron chi connectivity index (χ2n) is 5.60. The maximum Gasteiger partial charge on any atom is 0.115 e. The van der Waals surface area contributed by atoms with Crippen molar-refractivity contribution in [3.8, 4) is 0 Å². The van der Waals surface area contributed by atoms with E-state index in [0.29, 0.717) is 6.04 Å². The molecular weight excluding hydrogens is 256 g/mol. The zero-order valence-electron chi connectivity index (χ0n) is 11.1. The number of fused-ring (bicyclic) bond motifs is 1. The Balaban J connectivity index is 1.68. The molecule has 4 rings (SSSR count). The highest BCUT2D eigenvalue weighted by atomic mass is 32.1. The number of thiazole rings is 1. The number of rotatable bonds is 4. The lowest BCUT2D eigenvalue weighted by Crippen LogP contribution is -2.24. The molecule has 1 unspecified atom stereocenters. The van der Waals surface area contributed by atoms with Crippen molar-refractivity contribution in [3.63, 3.8) is 0 Å². The first-order valence-corrected chi connectivity index (χ1v) is 7.84. The fraction of sp³-hybridized carbons (Fsp3) is 0.571. The Morgan fingerprint density at radius 1 is 1.42 bits per heavy atom. The Bertz CT molecular complexity index is 575. The van der Waals surface area contributed by atoms with Crippen LogP contribution in [0.15, 0.2) is 12.4 Å². The molecule has 0 saturated heterocycles. The van der Waals surface area contributed by atoms with E-state index in [4.69, 9.17) is 4.98 Å². The molecule has 1 fully saturated rings. The van der Waals surface area contributed by atoms with Crippen LogP contribution in [0.5, 0.6) is 0 Å². The summed E-state index contributed by atoms with van der Waals surface area (Å²) in [6, 6.07) is 0.903. The molecule has 2 heterocycles. The average Bonchev–Trinajstić information content (AvgIpc) is 2.78. The third-order valence-electron chi connectivity index (χ3n) is 3.90. The molecule has 2 aromatic rings. The molecule has 0 spiro atoms. The van der Waals surface area contributed by atoms with Gasteiger partial charge in [0, 0.05) is 29.7 Å². The molecule has 100 valence electrons. The van der Waals surface area contributed by atoms with Gasteiger partial charge in [0.25, 0.3) is 0 Å². The van der Waals surface area contributed by atoms with Gasteiger partial charge in [-0.15, -0.1) is 11.3 Å². The van der Waals surface area contributed by atoms with E-state index in [1.807, 2.05) is 29.3 Å². The Hall–Kier alpha value is -1.20. The lowest BCUT2D eigenvalue weighted by Gasteiger charge is -2.14. The molecule has 4 nitrogen and oxygen atoms in total. The van der Waals surface area contributed by atoms with Gasteiger partial charge in [0.2, 0.25) is 0 Å². The highest BCUT2D eigenvalue weighted by molar-refractivity contribution is 7.11. The van der Waals surface area contributed by atoms with Crippen molar-refractivity contribution >= 4 is 11.3 Å². The molecule has 1 N–H and O–H groups in total. The lowest BCUT2D eigenvalue weighted by molar-refractivity contribution is 0.596. The highest BCUT2D eigenvalue weighted by Gasteiger charge is 2.30. The van der Waals surface area contributed by atoms with Crippen molar-refractivity contribution in [2.75, 3.05) is 0 Å². The summed E-state index contributed by atoms with van der Waals surface area (Å²) >= 11 is 1.89. The van der Waals surface area contributed by atoms with Crippen LogP contribution in [0.2, 0.25) is 0 Å². The van der Waals surface area contributed by atoms with E-state index in [2.05, 4.69) is 16.6 Å². The van der Waals surface area contributed by atoms with Crippen molar-refractivity contribution in [1.82, 2.24) is 20.1 Å². The molecule has 2 aliphatic rings. The van der Waals surface area contributed by atoms with E-state index in [-0.39, 0.29) is 6.04 Å². The predicted octanol–water partition coefficient (Wildman–Crippen LogP) is 2.21. The van der Waals surface area contributed by atoms with Crippen LogP contribution in [-0.2, 0) is 19.9 Å². The lowest BCUT2D eigenvalue weighted by atomic mass is 10.1. The van der Waals surface area contributed by atoms with Crippen LogP contribution < -0.4 is 5.32 Å². The van der Waals surface area contributed by atoms with E-state index in [1.165, 1.54) is 46.8 Å². The highest BCUT2D eigenvalue weighted by Crippen LogP contribution is 2.35. The van der Waals surface area contributed by atoms with Gasteiger partial charge in [-0.05, 0) is 32.1 Å². The number of hydrogen-bond acceptors (Lipinski definition) is 4. The third kappa shape index (κ3) is 2.21. The van der Waals surface area contributed by atoms with Crippen LogP contribution in [0, 0.1) is 0 Å². The molecule has 19 heavy (non-hydrogen) atoms. The molecule has 0 amide bonds. The number of aryl methyl sites for hydroxylation is 3. The quantitative estimate of drug-likeness (QED) is 0.929. The van der Waals surface area contributed by atoms with E-state index >= 15 is 0 Å². The molecule has 2 aromatic heterocycles.